The Morgan fingerprint density at radius 3 is 1.72 bits per heavy atom. The molecule has 0 saturated carbocycles. The molecule has 1 saturated heterocycles. The summed E-state index contributed by atoms with van der Waals surface area (Å²) in [4.78, 5) is 37.1. The molecule has 6 heteroatoms. The number of imide groups is 2. The molecule has 0 atom stereocenters. The number of nitrogens with one attached hydrogen (secondary N) is 2. The third kappa shape index (κ3) is 2.77. The second-order valence-corrected chi connectivity index (χ2v) is 6.58. The van der Waals surface area contributed by atoms with Crippen LogP contribution in [0.25, 0.3) is 5.57 Å². The van der Waals surface area contributed by atoms with Crippen molar-refractivity contribution in [2.75, 3.05) is 0 Å². The summed E-state index contributed by atoms with van der Waals surface area (Å²) < 4.78 is 0. The van der Waals surface area contributed by atoms with Gasteiger partial charge in [-0.15, -0.1) is 0 Å². The first kappa shape index (κ1) is 15.4. The minimum Gasteiger partial charge on any atom is -0.273 e. The van der Waals surface area contributed by atoms with Crippen LogP contribution in [-0.2, 0) is 9.59 Å². The topological polar surface area (TPSA) is 75.3 Å². The zero-order chi connectivity index (χ0) is 17.4. The summed E-state index contributed by atoms with van der Waals surface area (Å²) in [7, 11) is 0. The van der Waals surface area contributed by atoms with Crippen molar-refractivity contribution in [3.05, 3.63) is 77.4 Å². The van der Waals surface area contributed by atoms with Gasteiger partial charge in [0, 0.05) is 9.79 Å². The first-order chi connectivity index (χ1) is 12.1. The number of fused-ring (bicyclic) bond motifs is 2. The van der Waals surface area contributed by atoms with E-state index in [9.17, 15) is 14.4 Å². The molecule has 2 aliphatic rings. The molecule has 2 N–H and O–H groups in total. The molecular weight excluding hydrogens is 336 g/mol. The summed E-state index contributed by atoms with van der Waals surface area (Å²) in [6.45, 7) is 0. The zero-order valence-electron chi connectivity index (χ0n) is 12.9. The Labute approximate surface area is 147 Å². The normalized spacial score (nSPS) is 15.8. The number of amides is 4. The Hall–Kier alpha value is -3.12. The highest BCUT2D eigenvalue weighted by atomic mass is 32.2. The first-order valence-electron chi connectivity index (χ1n) is 7.59. The van der Waals surface area contributed by atoms with Crippen LogP contribution in [0.1, 0.15) is 11.1 Å². The molecular formula is C19H12N2O3S. The van der Waals surface area contributed by atoms with E-state index in [0.717, 1.165) is 26.5 Å². The van der Waals surface area contributed by atoms with Crippen molar-refractivity contribution in [2.45, 2.75) is 9.79 Å². The SMILES string of the molecule is O=C1NC(=O)C(=CC=C2c3ccccc3Sc3ccccc32)C(=O)N1. The number of carbonyl (C=O) groups is 3. The van der Waals surface area contributed by atoms with Gasteiger partial charge in [-0.2, -0.15) is 0 Å². The average molecular weight is 348 g/mol. The second-order valence-electron chi connectivity index (χ2n) is 5.49. The van der Waals surface area contributed by atoms with E-state index in [1.807, 2.05) is 48.5 Å². The van der Waals surface area contributed by atoms with Crippen LogP contribution in [0.2, 0.25) is 0 Å². The van der Waals surface area contributed by atoms with E-state index < -0.39 is 17.8 Å². The molecule has 122 valence electrons. The molecule has 5 nitrogen and oxygen atoms in total. The van der Waals surface area contributed by atoms with Gasteiger partial charge < -0.3 is 0 Å². The lowest BCUT2D eigenvalue weighted by atomic mass is 9.96. The Morgan fingerprint density at radius 2 is 1.16 bits per heavy atom. The number of barbiturate groups is 1. The number of rotatable bonds is 1. The van der Waals surface area contributed by atoms with Gasteiger partial charge in [0.1, 0.15) is 5.57 Å². The van der Waals surface area contributed by atoms with Crippen molar-refractivity contribution in [1.29, 1.82) is 0 Å². The van der Waals surface area contributed by atoms with Crippen molar-refractivity contribution >= 4 is 35.2 Å². The molecule has 0 spiro atoms. The van der Waals surface area contributed by atoms with Gasteiger partial charge in [0.05, 0.1) is 0 Å². The fourth-order valence-electron chi connectivity index (χ4n) is 2.79. The predicted molar refractivity (Wildman–Crippen MR) is 93.9 cm³/mol. The molecule has 1 fully saturated rings. The molecule has 0 radical (unpaired) electrons. The maximum Gasteiger partial charge on any atom is 0.328 e. The standard InChI is InChI=1S/C19H12N2O3S/c22-17-14(18(23)21-19(24)20-17)10-9-11-12-5-1-3-7-15(12)25-16-8-4-2-6-13(11)16/h1-10H,(H2,20,21,22,23,24). The van der Waals surface area contributed by atoms with Gasteiger partial charge in [0.25, 0.3) is 11.8 Å². The summed E-state index contributed by atoms with van der Waals surface area (Å²) in [5, 5.41) is 4.15. The lowest BCUT2D eigenvalue weighted by molar-refractivity contribution is -0.124. The lowest BCUT2D eigenvalue weighted by Gasteiger charge is -2.21. The highest BCUT2D eigenvalue weighted by Crippen LogP contribution is 2.45. The summed E-state index contributed by atoms with van der Waals surface area (Å²) in [5.74, 6) is -1.39. The van der Waals surface area contributed by atoms with Crippen LogP contribution in [0.5, 0.6) is 0 Å². The van der Waals surface area contributed by atoms with E-state index in [2.05, 4.69) is 10.6 Å². The number of allylic oxidation sites excluding steroid dienone is 2. The van der Waals surface area contributed by atoms with Crippen LogP contribution in [0.4, 0.5) is 4.79 Å². The van der Waals surface area contributed by atoms with Gasteiger partial charge in [-0.3, -0.25) is 20.2 Å². The average Bonchev–Trinajstić information content (AvgIpc) is 2.60. The van der Waals surface area contributed by atoms with E-state index in [1.165, 1.54) is 6.08 Å². The third-order valence-electron chi connectivity index (χ3n) is 3.93. The zero-order valence-corrected chi connectivity index (χ0v) is 13.7. The highest BCUT2D eigenvalue weighted by molar-refractivity contribution is 7.99. The molecule has 4 rings (SSSR count). The fourth-order valence-corrected chi connectivity index (χ4v) is 3.90. The molecule has 2 aliphatic heterocycles. The van der Waals surface area contributed by atoms with Crippen molar-refractivity contribution in [3.63, 3.8) is 0 Å². The highest BCUT2D eigenvalue weighted by Gasteiger charge is 2.27. The van der Waals surface area contributed by atoms with Crippen LogP contribution in [-0.4, -0.2) is 17.8 Å². The van der Waals surface area contributed by atoms with Crippen molar-refractivity contribution in [2.24, 2.45) is 0 Å². The lowest BCUT2D eigenvalue weighted by Crippen LogP contribution is -2.51. The maximum atomic E-state index is 11.9. The smallest absolute Gasteiger partial charge is 0.273 e. The quantitative estimate of drug-likeness (QED) is 0.524. The number of hydrogen-bond donors (Lipinski definition) is 2. The minimum atomic E-state index is -0.801. The Bertz CT molecular complexity index is 922. The van der Waals surface area contributed by atoms with Crippen LogP contribution in [0.3, 0.4) is 0 Å². The molecule has 2 aromatic rings. The molecule has 2 heterocycles. The minimum absolute atomic E-state index is 0.0970. The largest absolute Gasteiger partial charge is 0.328 e. The van der Waals surface area contributed by atoms with Crippen LogP contribution in [0.15, 0.2) is 76.0 Å². The van der Waals surface area contributed by atoms with Gasteiger partial charge >= 0.3 is 6.03 Å². The molecule has 0 aliphatic carbocycles. The van der Waals surface area contributed by atoms with E-state index in [4.69, 9.17) is 0 Å². The maximum absolute atomic E-state index is 11.9. The van der Waals surface area contributed by atoms with Gasteiger partial charge in [-0.05, 0) is 34.9 Å². The predicted octanol–water partition coefficient (Wildman–Crippen LogP) is 2.88. The van der Waals surface area contributed by atoms with E-state index in [-0.39, 0.29) is 5.57 Å². The van der Waals surface area contributed by atoms with Gasteiger partial charge in [0.2, 0.25) is 0 Å². The molecule has 25 heavy (non-hydrogen) atoms. The Balaban J connectivity index is 1.84. The monoisotopic (exact) mass is 348 g/mol. The van der Waals surface area contributed by atoms with Crippen LogP contribution < -0.4 is 10.6 Å². The van der Waals surface area contributed by atoms with Gasteiger partial charge in [-0.1, -0.05) is 54.2 Å². The Kier molecular flexibility index (Phi) is 3.74. The number of urea groups is 1. The van der Waals surface area contributed by atoms with Crippen molar-refractivity contribution in [1.82, 2.24) is 10.6 Å². The van der Waals surface area contributed by atoms with Crippen molar-refractivity contribution in [3.8, 4) is 0 Å². The van der Waals surface area contributed by atoms with Crippen molar-refractivity contribution < 1.29 is 14.4 Å². The van der Waals surface area contributed by atoms with E-state index in [1.54, 1.807) is 17.8 Å². The van der Waals surface area contributed by atoms with Crippen LogP contribution in [0, 0.1) is 0 Å². The summed E-state index contributed by atoms with van der Waals surface area (Å²) >= 11 is 1.68. The third-order valence-corrected chi connectivity index (χ3v) is 5.09. The summed E-state index contributed by atoms with van der Waals surface area (Å²) in [6, 6.07) is 15.1. The number of benzene rings is 2. The fraction of sp³-hybridized carbons (Fsp3) is 0. The van der Waals surface area contributed by atoms with Gasteiger partial charge in [0.15, 0.2) is 0 Å². The number of carbonyl (C=O) groups excluding carboxylic acids is 3. The molecule has 2 aromatic carbocycles. The van der Waals surface area contributed by atoms with Crippen LogP contribution >= 0.6 is 11.8 Å². The molecule has 4 amide bonds. The van der Waals surface area contributed by atoms with E-state index in [0.29, 0.717) is 0 Å². The Morgan fingerprint density at radius 1 is 0.680 bits per heavy atom. The molecule has 0 bridgehead atoms. The summed E-state index contributed by atoms with van der Waals surface area (Å²) in [5.41, 5.74) is 2.90. The van der Waals surface area contributed by atoms with E-state index >= 15 is 0 Å². The second kappa shape index (κ2) is 6.07. The molecule has 0 unspecified atom stereocenters. The number of hydrogen-bond acceptors (Lipinski definition) is 4. The summed E-state index contributed by atoms with van der Waals surface area (Å²) in [6.07, 6.45) is 3.21. The first-order valence-corrected chi connectivity index (χ1v) is 8.40. The molecule has 0 aromatic heterocycles. The van der Waals surface area contributed by atoms with Gasteiger partial charge in [-0.25, -0.2) is 4.79 Å².